The zero-order valence-corrected chi connectivity index (χ0v) is 13.7. The van der Waals surface area contributed by atoms with Crippen LogP contribution in [0.4, 0.5) is 0 Å². The zero-order valence-electron chi connectivity index (χ0n) is 12.9. The summed E-state index contributed by atoms with van der Waals surface area (Å²) < 4.78 is 32.5. The smallest absolute Gasteiger partial charge is 0.240 e. The molecular weight excluding hydrogens is 298 g/mol. The van der Waals surface area contributed by atoms with Gasteiger partial charge in [-0.1, -0.05) is 37.3 Å². The Morgan fingerprint density at radius 1 is 1.05 bits per heavy atom. The molecule has 0 spiro atoms. The van der Waals surface area contributed by atoms with Crippen molar-refractivity contribution in [2.75, 3.05) is 13.2 Å². The predicted octanol–water partition coefficient (Wildman–Crippen LogP) is 2.91. The van der Waals surface area contributed by atoms with Crippen molar-refractivity contribution in [1.82, 2.24) is 4.72 Å². The molecule has 0 unspecified atom stereocenters. The van der Waals surface area contributed by atoms with E-state index >= 15 is 0 Å². The van der Waals surface area contributed by atoms with Crippen LogP contribution in [-0.4, -0.2) is 21.6 Å². The number of hydrogen-bond acceptors (Lipinski definition) is 3. The van der Waals surface area contributed by atoms with Gasteiger partial charge in [0.15, 0.2) is 0 Å². The molecule has 0 fully saturated rings. The summed E-state index contributed by atoms with van der Waals surface area (Å²) in [4.78, 5) is 0.308. The molecule has 0 saturated heterocycles. The number of ether oxygens (including phenoxy) is 1. The van der Waals surface area contributed by atoms with Gasteiger partial charge in [-0.3, -0.25) is 0 Å². The Hall–Kier alpha value is -1.85. The van der Waals surface area contributed by atoms with Crippen molar-refractivity contribution in [1.29, 1.82) is 0 Å². The average Bonchev–Trinajstić information content (AvgIpc) is 2.52. The van der Waals surface area contributed by atoms with Crippen molar-refractivity contribution in [2.45, 2.75) is 25.2 Å². The van der Waals surface area contributed by atoms with Gasteiger partial charge in [0.1, 0.15) is 12.4 Å². The van der Waals surface area contributed by atoms with E-state index in [9.17, 15) is 8.42 Å². The van der Waals surface area contributed by atoms with Crippen LogP contribution in [0.3, 0.4) is 0 Å². The molecule has 0 saturated carbocycles. The van der Waals surface area contributed by atoms with Crippen LogP contribution in [0.1, 0.15) is 18.1 Å². The SMILES string of the molecule is CCc1ccc(OCCNS(=O)(=O)c2ccccc2C)cc1. The van der Waals surface area contributed by atoms with E-state index in [0.717, 1.165) is 17.7 Å². The summed E-state index contributed by atoms with van der Waals surface area (Å²) in [7, 11) is -3.49. The third-order valence-corrected chi connectivity index (χ3v) is 5.00. The first-order valence-electron chi connectivity index (χ1n) is 7.30. The van der Waals surface area contributed by atoms with E-state index < -0.39 is 10.0 Å². The molecule has 0 atom stereocenters. The fraction of sp³-hybridized carbons (Fsp3) is 0.294. The Bertz CT molecular complexity index is 709. The van der Waals surface area contributed by atoms with Crippen LogP contribution in [-0.2, 0) is 16.4 Å². The van der Waals surface area contributed by atoms with Crippen molar-refractivity contribution >= 4 is 10.0 Å². The van der Waals surface area contributed by atoms with Crippen LogP contribution in [0.15, 0.2) is 53.4 Å². The highest BCUT2D eigenvalue weighted by atomic mass is 32.2. The lowest BCUT2D eigenvalue weighted by atomic mass is 10.2. The van der Waals surface area contributed by atoms with Crippen molar-refractivity contribution in [3.05, 3.63) is 59.7 Å². The first-order chi connectivity index (χ1) is 10.5. The molecule has 118 valence electrons. The largest absolute Gasteiger partial charge is 0.492 e. The standard InChI is InChI=1S/C17H21NO3S/c1-3-15-8-10-16(11-9-15)21-13-12-18-22(19,20)17-7-5-4-6-14(17)2/h4-11,18H,3,12-13H2,1-2H3. The van der Waals surface area contributed by atoms with E-state index in [0.29, 0.717) is 4.90 Å². The first kappa shape index (κ1) is 16.5. The highest BCUT2D eigenvalue weighted by Gasteiger charge is 2.15. The molecule has 0 heterocycles. The summed E-state index contributed by atoms with van der Waals surface area (Å²) in [6.07, 6.45) is 0.983. The Morgan fingerprint density at radius 3 is 2.36 bits per heavy atom. The van der Waals surface area contributed by atoms with Gasteiger partial charge in [0.25, 0.3) is 0 Å². The van der Waals surface area contributed by atoms with Crippen molar-refractivity contribution < 1.29 is 13.2 Å². The van der Waals surface area contributed by atoms with Gasteiger partial charge in [-0.2, -0.15) is 0 Å². The second-order valence-corrected chi connectivity index (χ2v) is 6.74. The van der Waals surface area contributed by atoms with E-state index in [1.165, 1.54) is 5.56 Å². The van der Waals surface area contributed by atoms with Gasteiger partial charge in [-0.25, -0.2) is 13.1 Å². The highest BCUT2D eigenvalue weighted by Crippen LogP contribution is 2.14. The number of sulfonamides is 1. The molecule has 4 nitrogen and oxygen atoms in total. The lowest BCUT2D eigenvalue weighted by Crippen LogP contribution is -2.28. The Morgan fingerprint density at radius 2 is 1.73 bits per heavy atom. The Labute approximate surface area is 132 Å². The molecule has 0 amide bonds. The van der Waals surface area contributed by atoms with Crippen molar-refractivity contribution in [3.63, 3.8) is 0 Å². The molecule has 22 heavy (non-hydrogen) atoms. The van der Waals surface area contributed by atoms with Gasteiger partial charge in [-0.15, -0.1) is 0 Å². The minimum Gasteiger partial charge on any atom is -0.492 e. The quantitative estimate of drug-likeness (QED) is 0.798. The molecule has 0 radical (unpaired) electrons. The number of rotatable bonds is 7. The molecule has 0 bridgehead atoms. The summed E-state index contributed by atoms with van der Waals surface area (Å²) in [6, 6.07) is 14.7. The summed E-state index contributed by atoms with van der Waals surface area (Å²) in [5.74, 6) is 0.743. The Kier molecular flexibility index (Phi) is 5.57. The van der Waals surface area contributed by atoms with Gasteiger partial charge in [-0.05, 0) is 42.7 Å². The zero-order chi connectivity index (χ0) is 16.0. The topological polar surface area (TPSA) is 55.4 Å². The second kappa shape index (κ2) is 7.42. The number of aryl methyl sites for hydroxylation is 2. The molecule has 2 aromatic carbocycles. The maximum absolute atomic E-state index is 12.2. The van der Waals surface area contributed by atoms with Gasteiger partial charge in [0.2, 0.25) is 10.0 Å². The van der Waals surface area contributed by atoms with Crippen LogP contribution in [0.5, 0.6) is 5.75 Å². The molecule has 0 aliphatic heterocycles. The molecule has 2 aromatic rings. The number of benzene rings is 2. The number of hydrogen-bond donors (Lipinski definition) is 1. The van der Waals surface area contributed by atoms with Gasteiger partial charge < -0.3 is 4.74 Å². The molecular formula is C17H21NO3S. The predicted molar refractivity (Wildman–Crippen MR) is 87.7 cm³/mol. The average molecular weight is 319 g/mol. The molecule has 0 aromatic heterocycles. The fourth-order valence-electron chi connectivity index (χ4n) is 2.10. The van der Waals surface area contributed by atoms with Gasteiger partial charge >= 0.3 is 0 Å². The third-order valence-electron chi connectivity index (χ3n) is 3.38. The summed E-state index contributed by atoms with van der Waals surface area (Å²) >= 11 is 0. The van der Waals surface area contributed by atoms with Crippen molar-refractivity contribution in [3.8, 4) is 5.75 Å². The highest BCUT2D eigenvalue weighted by molar-refractivity contribution is 7.89. The minimum absolute atomic E-state index is 0.228. The third kappa shape index (κ3) is 4.32. The van der Waals surface area contributed by atoms with E-state index in [4.69, 9.17) is 4.74 Å². The monoisotopic (exact) mass is 319 g/mol. The maximum Gasteiger partial charge on any atom is 0.240 e. The second-order valence-electron chi connectivity index (χ2n) is 5.01. The lowest BCUT2D eigenvalue weighted by molar-refractivity contribution is 0.322. The van der Waals surface area contributed by atoms with Crippen LogP contribution in [0, 0.1) is 6.92 Å². The molecule has 0 aliphatic rings. The summed E-state index contributed by atoms with van der Waals surface area (Å²) in [5, 5.41) is 0. The summed E-state index contributed by atoms with van der Waals surface area (Å²) in [5.41, 5.74) is 1.97. The van der Waals surface area contributed by atoms with Gasteiger partial charge in [0.05, 0.1) is 4.90 Å². The molecule has 2 rings (SSSR count). The Balaban J connectivity index is 1.86. The van der Waals surface area contributed by atoms with Crippen LogP contribution in [0.2, 0.25) is 0 Å². The fourth-order valence-corrected chi connectivity index (χ4v) is 3.36. The normalized spacial score (nSPS) is 11.4. The van der Waals surface area contributed by atoms with Crippen LogP contribution < -0.4 is 9.46 Å². The van der Waals surface area contributed by atoms with Crippen LogP contribution in [0.25, 0.3) is 0 Å². The minimum atomic E-state index is -3.49. The maximum atomic E-state index is 12.2. The van der Waals surface area contributed by atoms with E-state index in [1.54, 1.807) is 25.1 Å². The van der Waals surface area contributed by atoms with Gasteiger partial charge in [0, 0.05) is 6.54 Å². The first-order valence-corrected chi connectivity index (χ1v) is 8.78. The molecule has 1 N–H and O–H groups in total. The summed E-state index contributed by atoms with van der Waals surface area (Å²) in [6.45, 7) is 4.39. The van der Waals surface area contributed by atoms with E-state index in [-0.39, 0.29) is 13.2 Å². The van der Waals surface area contributed by atoms with Crippen molar-refractivity contribution in [2.24, 2.45) is 0 Å². The lowest BCUT2D eigenvalue weighted by Gasteiger charge is -2.10. The molecule has 5 heteroatoms. The number of nitrogens with one attached hydrogen (secondary N) is 1. The molecule has 0 aliphatic carbocycles. The van der Waals surface area contributed by atoms with Crippen LogP contribution >= 0.6 is 0 Å². The van der Waals surface area contributed by atoms with E-state index in [2.05, 4.69) is 11.6 Å². The van der Waals surface area contributed by atoms with E-state index in [1.807, 2.05) is 30.3 Å².